The molecule has 0 fully saturated rings. The highest BCUT2D eigenvalue weighted by Gasteiger charge is 2.19. The molecule has 33 heavy (non-hydrogen) atoms. The van der Waals surface area contributed by atoms with Gasteiger partial charge in [0.1, 0.15) is 13.2 Å². The number of aliphatic hydroxyl groups is 3. The smallest absolute Gasteiger partial charge is 0.306 e. The molecule has 0 aliphatic rings. The summed E-state index contributed by atoms with van der Waals surface area (Å²) in [5.41, 5.74) is 0. The van der Waals surface area contributed by atoms with Crippen molar-refractivity contribution in [2.75, 3.05) is 13.2 Å². The lowest BCUT2D eigenvalue weighted by atomic mass is 10.1. The minimum absolute atomic E-state index is 0.157. The van der Waals surface area contributed by atoms with E-state index in [0.717, 1.165) is 0 Å². The molecule has 3 N–H and O–H groups in total. The molecule has 0 aromatic heterocycles. The number of carbonyl (C=O) groups is 3. The summed E-state index contributed by atoms with van der Waals surface area (Å²) in [7, 11) is 0. The predicted molar refractivity (Wildman–Crippen MR) is 122 cm³/mol. The van der Waals surface area contributed by atoms with Crippen LogP contribution in [-0.4, -0.2) is 70.9 Å². The second-order valence-corrected chi connectivity index (χ2v) is 8.76. The Morgan fingerprint density at radius 3 is 1.24 bits per heavy atom. The Hall–Kier alpha value is -1.71. The molecule has 3 atom stereocenters. The van der Waals surface area contributed by atoms with Gasteiger partial charge in [0.25, 0.3) is 0 Å². The molecular weight excluding hydrogens is 432 g/mol. The van der Waals surface area contributed by atoms with Crippen molar-refractivity contribution in [1.82, 2.24) is 0 Å². The average Bonchev–Trinajstić information content (AvgIpc) is 2.73. The van der Waals surface area contributed by atoms with Gasteiger partial charge in [-0.3, -0.25) is 14.4 Å². The molecule has 9 heteroatoms. The molecule has 9 nitrogen and oxygen atoms in total. The summed E-state index contributed by atoms with van der Waals surface area (Å²) in [5.74, 6) is -1.36. The van der Waals surface area contributed by atoms with Gasteiger partial charge < -0.3 is 29.5 Å². The van der Waals surface area contributed by atoms with Gasteiger partial charge in [-0.1, -0.05) is 19.3 Å². The molecule has 3 unspecified atom stereocenters. The standard InChI is InChI=1S/C24H44O9/c1-18(25)10-4-7-13-22(28)31-16-21(33-24(30)15-9-6-12-20(3)27)17-32-23(29)14-8-5-11-19(2)26/h18-21,25-27H,4-17H2,1-3H3. The quantitative estimate of drug-likeness (QED) is 0.137. The minimum atomic E-state index is -0.892. The van der Waals surface area contributed by atoms with Crippen LogP contribution < -0.4 is 0 Å². The normalized spacial score (nSPS) is 14.7. The Labute approximate surface area is 197 Å². The summed E-state index contributed by atoms with van der Waals surface area (Å²) >= 11 is 0. The molecule has 0 aromatic carbocycles. The number of hydrogen-bond donors (Lipinski definition) is 3. The van der Waals surface area contributed by atoms with Crippen molar-refractivity contribution in [3.63, 3.8) is 0 Å². The molecule has 0 rings (SSSR count). The van der Waals surface area contributed by atoms with E-state index in [1.807, 2.05) is 0 Å². The van der Waals surface area contributed by atoms with Gasteiger partial charge in [0.05, 0.1) is 18.3 Å². The van der Waals surface area contributed by atoms with E-state index < -0.39 is 42.3 Å². The van der Waals surface area contributed by atoms with Crippen molar-refractivity contribution in [3.05, 3.63) is 0 Å². The molecule has 0 saturated heterocycles. The number of ether oxygens (including phenoxy) is 3. The SMILES string of the molecule is CC(O)CCCCC(=O)OCC(COC(=O)CCCCC(C)O)OC(=O)CCCCC(C)O. The number of unbranched alkanes of at least 4 members (excludes halogenated alkanes) is 3. The molecule has 0 aliphatic carbocycles. The third-order valence-electron chi connectivity index (χ3n) is 4.92. The first-order chi connectivity index (χ1) is 15.6. The molecule has 0 radical (unpaired) electrons. The van der Waals surface area contributed by atoms with E-state index in [1.54, 1.807) is 20.8 Å². The number of carbonyl (C=O) groups excluding carboxylic acids is 3. The lowest BCUT2D eigenvalue weighted by Gasteiger charge is -2.18. The number of rotatable bonds is 20. The van der Waals surface area contributed by atoms with Gasteiger partial charge in [-0.2, -0.15) is 0 Å². The molecule has 0 bridgehead atoms. The van der Waals surface area contributed by atoms with Gasteiger partial charge in [0, 0.05) is 19.3 Å². The third kappa shape index (κ3) is 21.9. The van der Waals surface area contributed by atoms with Crippen LogP contribution >= 0.6 is 0 Å². The topological polar surface area (TPSA) is 140 Å². The minimum Gasteiger partial charge on any atom is -0.462 e. The molecule has 0 heterocycles. The fourth-order valence-electron chi connectivity index (χ4n) is 3.00. The van der Waals surface area contributed by atoms with Crippen LogP contribution in [0.1, 0.15) is 97.8 Å². The summed E-state index contributed by atoms with van der Waals surface area (Å²) in [6.45, 7) is 4.66. The second-order valence-electron chi connectivity index (χ2n) is 8.76. The molecule has 194 valence electrons. The zero-order valence-electron chi connectivity index (χ0n) is 20.5. The summed E-state index contributed by atoms with van der Waals surface area (Å²) in [5, 5.41) is 27.8. The van der Waals surface area contributed by atoms with Crippen molar-refractivity contribution in [2.24, 2.45) is 0 Å². The van der Waals surface area contributed by atoms with E-state index in [2.05, 4.69) is 0 Å². The van der Waals surface area contributed by atoms with Crippen molar-refractivity contribution in [2.45, 2.75) is 122 Å². The second kappa shape index (κ2) is 19.7. The molecule has 0 amide bonds. The maximum absolute atomic E-state index is 12.1. The number of esters is 3. The van der Waals surface area contributed by atoms with E-state index in [0.29, 0.717) is 57.8 Å². The Bertz CT molecular complexity index is 500. The van der Waals surface area contributed by atoms with Crippen molar-refractivity contribution in [1.29, 1.82) is 0 Å². The molecule has 0 spiro atoms. The number of aliphatic hydroxyl groups excluding tert-OH is 3. The highest BCUT2D eigenvalue weighted by atomic mass is 16.6. The predicted octanol–water partition coefficient (Wildman–Crippen LogP) is 2.81. The van der Waals surface area contributed by atoms with Crippen LogP contribution in [0.2, 0.25) is 0 Å². The zero-order chi connectivity index (χ0) is 25.1. The summed E-state index contributed by atoms with van der Waals surface area (Å²) < 4.78 is 15.7. The van der Waals surface area contributed by atoms with Crippen LogP contribution in [0.25, 0.3) is 0 Å². The first kappa shape index (κ1) is 31.3. The van der Waals surface area contributed by atoms with E-state index in [1.165, 1.54) is 0 Å². The van der Waals surface area contributed by atoms with E-state index in [9.17, 15) is 29.7 Å². The van der Waals surface area contributed by atoms with Crippen LogP contribution in [-0.2, 0) is 28.6 Å². The number of hydrogen-bond acceptors (Lipinski definition) is 9. The van der Waals surface area contributed by atoms with Crippen LogP contribution in [0, 0.1) is 0 Å². The zero-order valence-corrected chi connectivity index (χ0v) is 20.5. The average molecular weight is 477 g/mol. The van der Waals surface area contributed by atoms with Crippen molar-refractivity contribution in [3.8, 4) is 0 Å². The largest absolute Gasteiger partial charge is 0.462 e. The highest BCUT2D eigenvalue weighted by molar-refractivity contribution is 5.71. The molecule has 0 saturated carbocycles. The Kier molecular flexibility index (Phi) is 18.7. The van der Waals surface area contributed by atoms with Gasteiger partial charge in [-0.15, -0.1) is 0 Å². The molecule has 0 aromatic rings. The molecular formula is C24H44O9. The van der Waals surface area contributed by atoms with Crippen LogP contribution in [0.4, 0.5) is 0 Å². The third-order valence-corrected chi connectivity index (χ3v) is 4.92. The maximum atomic E-state index is 12.1. The Morgan fingerprint density at radius 2 is 0.909 bits per heavy atom. The Balaban J connectivity index is 4.45. The first-order valence-corrected chi connectivity index (χ1v) is 12.1. The summed E-state index contributed by atoms with van der Waals surface area (Å²) in [6.07, 6.45) is 4.01. The van der Waals surface area contributed by atoms with Gasteiger partial charge in [-0.05, 0) is 59.3 Å². The van der Waals surface area contributed by atoms with Crippen molar-refractivity contribution < 1.29 is 43.9 Å². The molecule has 0 aliphatic heterocycles. The van der Waals surface area contributed by atoms with Gasteiger partial charge in [0.2, 0.25) is 0 Å². The van der Waals surface area contributed by atoms with Crippen molar-refractivity contribution >= 4 is 17.9 Å². The van der Waals surface area contributed by atoms with Gasteiger partial charge >= 0.3 is 17.9 Å². The van der Waals surface area contributed by atoms with E-state index in [4.69, 9.17) is 14.2 Å². The monoisotopic (exact) mass is 476 g/mol. The van der Waals surface area contributed by atoms with E-state index in [-0.39, 0.29) is 32.5 Å². The van der Waals surface area contributed by atoms with Gasteiger partial charge in [0.15, 0.2) is 6.10 Å². The highest BCUT2D eigenvalue weighted by Crippen LogP contribution is 2.09. The summed E-state index contributed by atoms with van der Waals surface area (Å²) in [4.78, 5) is 36.0. The van der Waals surface area contributed by atoms with E-state index >= 15 is 0 Å². The van der Waals surface area contributed by atoms with Crippen LogP contribution in [0.5, 0.6) is 0 Å². The van der Waals surface area contributed by atoms with Crippen LogP contribution in [0.15, 0.2) is 0 Å². The fourth-order valence-corrected chi connectivity index (χ4v) is 3.00. The Morgan fingerprint density at radius 1 is 0.576 bits per heavy atom. The maximum Gasteiger partial charge on any atom is 0.306 e. The first-order valence-electron chi connectivity index (χ1n) is 12.1. The lowest BCUT2D eigenvalue weighted by Crippen LogP contribution is -2.30. The summed E-state index contributed by atoms with van der Waals surface area (Å²) in [6, 6.07) is 0. The fraction of sp³-hybridized carbons (Fsp3) is 0.875. The van der Waals surface area contributed by atoms with Gasteiger partial charge in [-0.25, -0.2) is 0 Å². The lowest BCUT2D eigenvalue weighted by molar-refractivity contribution is -0.167. The van der Waals surface area contributed by atoms with Crippen LogP contribution in [0.3, 0.4) is 0 Å².